The Kier molecular flexibility index (Phi) is 6.33. The molecule has 11 heavy (non-hydrogen) atoms. The molecule has 0 atom stereocenters. The first-order valence-corrected chi connectivity index (χ1v) is 2.94. The quantitative estimate of drug-likeness (QED) is 0.607. The standard InChI is InChI=1S/2C4H4O.H2S/c2*1-2-4-5-3-1;/h2*1-4H;1H2. The van der Waals surface area contributed by atoms with Gasteiger partial charge in [-0.3, -0.25) is 0 Å². The maximum Gasteiger partial charge on any atom is 0.0902 e. The van der Waals surface area contributed by atoms with Gasteiger partial charge in [0, 0.05) is 0 Å². The van der Waals surface area contributed by atoms with Crippen molar-refractivity contribution in [1.29, 1.82) is 0 Å². The summed E-state index contributed by atoms with van der Waals surface area (Å²) in [5.41, 5.74) is 0. The van der Waals surface area contributed by atoms with E-state index in [-0.39, 0.29) is 13.5 Å². The smallest absolute Gasteiger partial charge is 0.0902 e. The summed E-state index contributed by atoms with van der Waals surface area (Å²) >= 11 is 0. The zero-order chi connectivity index (χ0) is 7.07. The Morgan fingerprint density at radius 2 is 0.818 bits per heavy atom. The largest absolute Gasteiger partial charge is 0.473 e. The molecule has 3 heteroatoms. The van der Waals surface area contributed by atoms with E-state index in [9.17, 15) is 0 Å². The summed E-state index contributed by atoms with van der Waals surface area (Å²) < 4.78 is 9.17. The minimum absolute atomic E-state index is 0. The van der Waals surface area contributed by atoms with Crippen LogP contribution in [0, 0.1) is 0 Å². The molecule has 2 nitrogen and oxygen atoms in total. The molecule has 2 heterocycles. The molecule has 0 aliphatic rings. The lowest BCUT2D eigenvalue weighted by molar-refractivity contribution is 0.567. The summed E-state index contributed by atoms with van der Waals surface area (Å²) in [5.74, 6) is 0. The predicted octanol–water partition coefficient (Wildman–Crippen LogP) is 2.67. The van der Waals surface area contributed by atoms with E-state index in [4.69, 9.17) is 0 Å². The van der Waals surface area contributed by atoms with Gasteiger partial charge in [-0.15, -0.1) is 0 Å². The summed E-state index contributed by atoms with van der Waals surface area (Å²) in [6, 6.07) is 7.33. The van der Waals surface area contributed by atoms with Crippen LogP contribution in [0.25, 0.3) is 0 Å². The van der Waals surface area contributed by atoms with Gasteiger partial charge in [0.15, 0.2) is 0 Å². The van der Waals surface area contributed by atoms with Gasteiger partial charge in [0.25, 0.3) is 0 Å². The third kappa shape index (κ3) is 5.36. The van der Waals surface area contributed by atoms with Crippen LogP contribution in [0.4, 0.5) is 0 Å². The van der Waals surface area contributed by atoms with Gasteiger partial charge in [-0.05, 0) is 24.3 Å². The van der Waals surface area contributed by atoms with Crippen LogP contribution in [0.1, 0.15) is 0 Å². The van der Waals surface area contributed by atoms with Gasteiger partial charge in [0.1, 0.15) is 0 Å². The fraction of sp³-hybridized carbons (Fsp3) is 0. The SMILES string of the molecule is S.c1ccoc1.c1ccoc1. The van der Waals surface area contributed by atoms with Gasteiger partial charge in [-0.2, -0.15) is 13.5 Å². The molecule has 0 N–H and O–H groups in total. The Labute approximate surface area is 72.3 Å². The minimum atomic E-state index is 0. The Balaban J connectivity index is 0.000000167. The van der Waals surface area contributed by atoms with Crippen molar-refractivity contribution in [3.05, 3.63) is 49.3 Å². The van der Waals surface area contributed by atoms with E-state index >= 15 is 0 Å². The lowest BCUT2D eigenvalue weighted by Gasteiger charge is -1.50. The van der Waals surface area contributed by atoms with Crippen molar-refractivity contribution in [3.8, 4) is 0 Å². The molecule has 2 rings (SSSR count). The van der Waals surface area contributed by atoms with Crippen LogP contribution in [0.15, 0.2) is 58.2 Å². The van der Waals surface area contributed by atoms with Crippen LogP contribution in [0.3, 0.4) is 0 Å². The first kappa shape index (κ1) is 9.91. The van der Waals surface area contributed by atoms with Crippen LogP contribution in [0.5, 0.6) is 0 Å². The highest BCUT2D eigenvalue weighted by Gasteiger charge is 1.59. The van der Waals surface area contributed by atoms with E-state index < -0.39 is 0 Å². The van der Waals surface area contributed by atoms with Crippen molar-refractivity contribution in [2.24, 2.45) is 0 Å². The van der Waals surface area contributed by atoms with E-state index in [0.717, 1.165) is 0 Å². The van der Waals surface area contributed by atoms with E-state index in [1.807, 2.05) is 24.3 Å². The van der Waals surface area contributed by atoms with Crippen molar-refractivity contribution < 1.29 is 8.83 Å². The molecule has 0 radical (unpaired) electrons. The number of hydrogen-bond donors (Lipinski definition) is 0. The Morgan fingerprint density at radius 1 is 0.545 bits per heavy atom. The van der Waals surface area contributed by atoms with Crippen LogP contribution in [-0.4, -0.2) is 0 Å². The van der Waals surface area contributed by atoms with Gasteiger partial charge < -0.3 is 8.83 Å². The molecule has 0 aromatic carbocycles. The second-order valence-electron chi connectivity index (χ2n) is 1.59. The molecular formula is C8H10O2S. The van der Waals surface area contributed by atoms with Crippen molar-refractivity contribution in [3.63, 3.8) is 0 Å². The zero-order valence-corrected chi connectivity index (χ0v) is 6.94. The molecule has 2 aromatic heterocycles. The fourth-order valence-corrected chi connectivity index (χ4v) is 0.454. The summed E-state index contributed by atoms with van der Waals surface area (Å²) in [4.78, 5) is 0. The average Bonchev–Trinajstić information content (AvgIpc) is 2.67. The summed E-state index contributed by atoms with van der Waals surface area (Å²) in [7, 11) is 0. The molecule has 0 bridgehead atoms. The molecule has 0 aliphatic carbocycles. The maximum atomic E-state index is 4.58. The van der Waals surface area contributed by atoms with Gasteiger partial charge in [-0.1, -0.05) is 0 Å². The van der Waals surface area contributed by atoms with Crippen molar-refractivity contribution in [2.45, 2.75) is 0 Å². The highest BCUT2D eigenvalue weighted by molar-refractivity contribution is 7.59. The monoisotopic (exact) mass is 170 g/mol. The van der Waals surface area contributed by atoms with Crippen molar-refractivity contribution >= 4 is 13.5 Å². The molecule has 0 saturated heterocycles. The van der Waals surface area contributed by atoms with Gasteiger partial charge in [-0.25, -0.2) is 0 Å². The average molecular weight is 170 g/mol. The van der Waals surface area contributed by atoms with Crippen LogP contribution in [0.2, 0.25) is 0 Å². The first-order chi connectivity index (χ1) is 5.00. The van der Waals surface area contributed by atoms with Crippen molar-refractivity contribution in [2.75, 3.05) is 0 Å². The topological polar surface area (TPSA) is 26.3 Å². The molecule has 0 spiro atoms. The molecule has 0 fully saturated rings. The Morgan fingerprint density at radius 3 is 0.909 bits per heavy atom. The highest BCUT2D eigenvalue weighted by Crippen LogP contribution is 1.80. The van der Waals surface area contributed by atoms with E-state index in [1.165, 1.54) is 0 Å². The van der Waals surface area contributed by atoms with Crippen molar-refractivity contribution in [1.82, 2.24) is 0 Å². The first-order valence-electron chi connectivity index (χ1n) is 2.94. The number of rotatable bonds is 0. The molecule has 2 aromatic rings. The second kappa shape index (κ2) is 7.02. The third-order valence-corrected chi connectivity index (χ3v) is 0.851. The van der Waals surface area contributed by atoms with E-state index in [0.29, 0.717) is 0 Å². The summed E-state index contributed by atoms with van der Waals surface area (Å²) in [6.45, 7) is 0. The normalized spacial score (nSPS) is 7.27. The molecule has 60 valence electrons. The van der Waals surface area contributed by atoms with E-state index in [1.54, 1.807) is 25.1 Å². The number of furan rings is 2. The van der Waals surface area contributed by atoms with Crippen LogP contribution < -0.4 is 0 Å². The maximum absolute atomic E-state index is 4.58. The molecular weight excluding hydrogens is 160 g/mol. The molecule has 0 amide bonds. The predicted molar refractivity (Wildman–Crippen MR) is 47.8 cm³/mol. The fourth-order valence-electron chi connectivity index (χ4n) is 0.454. The molecule has 0 aliphatic heterocycles. The van der Waals surface area contributed by atoms with Gasteiger partial charge in [0.2, 0.25) is 0 Å². The third-order valence-electron chi connectivity index (χ3n) is 0.851. The van der Waals surface area contributed by atoms with Gasteiger partial charge in [0.05, 0.1) is 25.1 Å². The lowest BCUT2D eigenvalue weighted by atomic mass is 10.7. The second-order valence-corrected chi connectivity index (χ2v) is 1.59. The molecule has 0 saturated carbocycles. The van der Waals surface area contributed by atoms with Crippen LogP contribution >= 0.6 is 13.5 Å². The minimum Gasteiger partial charge on any atom is -0.473 e. The number of hydrogen-bond acceptors (Lipinski definition) is 2. The highest BCUT2D eigenvalue weighted by atomic mass is 32.1. The Hall–Kier alpha value is -1.09. The van der Waals surface area contributed by atoms with Gasteiger partial charge >= 0.3 is 0 Å². The summed E-state index contributed by atoms with van der Waals surface area (Å²) in [6.07, 6.45) is 6.50. The molecule has 0 unspecified atom stereocenters. The van der Waals surface area contributed by atoms with E-state index in [2.05, 4.69) is 8.83 Å². The lowest BCUT2D eigenvalue weighted by Crippen LogP contribution is -1.16. The zero-order valence-electron chi connectivity index (χ0n) is 5.94. The summed E-state index contributed by atoms with van der Waals surface area (Å²) in [5, 5.41) is 0. The van der Waals surface area contributed by atoms with Crippen LogP contribution in [-0.2, 0) is 0 Å². The Bertz CT molecular complexity index is 151.